The summed E-state index contributed by atoms with van der Waals surface area (Å²) < 4.78 is 76.7. The molecule has 0 fully saturated rings. The van der Waals surface area contributed by atoms with E-state index in [4.69, 9.17) is 5.73 Å². The Labute approximate surface area is 134 Å². The second-order valence-corrected chi connectivity index (χ2v) is 4.70. The Morgan fingerprint density at radius 3 is 1.48 bits per heavy atom. The summed E-state index contributed by atoms with van der Waals surface area (Å²) in [5, 5.41) is 0. The van der Waals surface area contributed by atoms with Crippen molar-refractivity contribution >= 4 is 12.4 Å². The van der Waals surface area contributed by atoms with E-state index in [2.05, 4.69) is 0 Å². The highest BCUT2D eigenvalue weighted by Gasteiger charge is 2.36. The van der Waals surface area contributed by atoms with E-state index < -0.39 is 23.5 Å². The summed E-state index contributed by atoms with van der Waals surface area (Å²) in [6.07, 6.45) is -9.71. The SMILES string of the molecule is Cl.NCc1ccc(-c2cc(C(F)(F)F)cc(C(F)(F)F)c2)cc1. The molecule has 0 aliphatic rings. The molecule has 2 aromatic rings. The normalized spacial score (nSPS) is 12.0. The van der Waals surface area contributed by atoms with Crippen LogP contribution in [0.3, 0.4) is 0 Å². The number of alkyl halides is 6. The zero-order chi connectivity index (χ0) is 16.5. The summed E-state index contributed by atoms with van der Waals surface area (Å²) in [4.78, 5) is 0. The summed E-state index contributed by atoms with van der Waals surface area (Å²) in [5.74, 6) is 0. The summed E-state index contributed by atoms with van der Waals surface area (Å²) >= 11 is 0. The van der Waals surface area contributed by atoms with E-state index in [1.807, 2.05) is 0 Å². The van der Waals surface area contributed by atoms with Gasteiger partial charge in [0.1, 0.15) is 0 Å². The minimum atomic E-state index is -4.85. The van der Waals surface area contributed by atoms with E-state index in [0.717, 1.165) is 5.56 Å². The molecule has 0 unspecified atom stereocenters. The molecular weight excluding hydrogens is 344 g/mol. The van der Waals surface area contributed by atoms with Crippen molar-refractivity contribution in [3.05, 3.63) is 59.2 Å². The molecule has 0 spiro atoms. The Morgan fingerprint density at radius 2 is 1.13 bits per heavy atom. The van der Waals surface area contributed by atoms with Crippen LogP contribution >= 0.6 is 12.4 Å². The van der Waals surface area contributed by atoms with Gasteiger partial charge in [0.05, 0.1) is 11.1 Å². The molecule has 126 valence electrons. The van der Waals surface area contributed by atoms with Crippen molar-refractivity contribution in [3.63, 3.8) is 0 Å². The third kappa shape index (κ3) is 4.62. The van der Waals surface area contributed by atoms with Gasteiger partial charge in [0.2, 0.25) is 0 Å². The fraction of sp³-hybridized carbons (Fsp3) is 0.200. The van der Waals surface area contributed by atoms with Gasteiger partial charge in [-0.1, -0.05) is 24.3 Å². The van der Waals surface area contributed by atoms with Crippen LogP contribution in [0.2, 0.25) is 0 Å². The van der Waals surface area contributed by atoms with Crippen molar-refractivity contribution in [1.82, 2.24) is 0 Å². The number of nitrogens with two attached hydrogens (primary N) is 1. The molecular formula is C15H12ClF6N. The molecule has 0 radical (unpaired) electrons. The van der Waals surface area contributed by atoms with E-state index in [1.54, 1.807) is 12.1 Å². The first kappa shape index (κ1) is 19.3. The van der Waals surface area contributed by atoms with E-state index in [0.29, 0.717) is 12.1 Å². The molecule has 0 saturated heterocycles. The molecule has 2 aromatic carbocycles. The summed E-state index contributed by atoms with van der Waals surface area (Å²) in [6.45, 7) is 0.233. The fourth-order valence-corrected chi connectivity index (χ4v) is 1.95. The molecule has 0 aliphatic heterocycles. The third-order valence-corrected chi connectivity index (χ3v) is 3.11. The molecule has 0 bridgehead atoms. The van der Waals surface area contributed by atoms with Gasteiger partial charge in [-0.25, -0.2) is 0 Å². The molecule has 0 atom stereocenters. The standard InChI is InChI=1S/C15H11F6N.ClH/c16-14(17,18)12-5-11(6-13(7-12)15(19,20)21)10-3-1-9(8-22)2-4-10;/h1-7H,8,22H2;1H. The van der Waals surface area contributed by atoms with Crippen LogP contribution in [-0.2, 0) is 18.9 Å². The highest BCUT2D eigenvalue weighted by molar-refractivity contribution is 5.85. The molecule has 0 aliphatic carbocycles. The van der Waals surface area contributed by atoms with Crippen molar-refractivity contribution in [2.45, 2.75) is 18.9 Å². The molecule has 23 heavy (non-hydrogen) atoms. The van der Waals surface area contributed by atoms with Crippen LogP contribution in [0.1, 0.15) is 16.7 Å². The molecule has 2 N–H and O–H groups in total. The second kappa shape index (κ2) is 6.80. The van der Waals surface area contributed by atoms with Gasteiger partial charge in [-0.2, -0.15) is 26.3 Å². The number of benzene rings is 2. The number of hydrogen-bond donors (Lipinski definition) is 1. The lowest BCUT2D eigenvalue weighted by Crippen LogP contribution is -2.11. The first-order valence-corrected chi connectivity index (χ1v) is 6.20. The maximum Gasteiger partial charge on any atom is 0.416 e. The predicted molar refractivity (Wildman–Crippen MR) is 77.0 cm³/mol. The monoisotopic (exact) mass is 355 g/mol. The van der Waals surface area contributed by atoms with E-state index in [9.17, 15) is 26.3 Å². The lowest BCUT2D eigenvalue weighted by Gasteiger charge is -2.14. The van der Waals surface area contributed by atoms with Gasteiger partial charge in [-0.3, -0.25) is 0 Å². The minimum Gasteiger partial charge on any atom is -0.326 e. The number of halogens is 7. The van der Waals surface area contributed by atoms with Gasteiger partial charge in [0.25, 0.3) is 0 Å². The largest absolute Gasteiger partial charge is 0.416 e. The average Bonchev–Trinajstić information content (AvgIpc) is 2.45. The van der Waals surface area contributed by atoms with Gasteiger partial charge >= 0.3 is 12.4 Å². The topological polar surface area (TPSA) is 26.0 Å². The highest BCUT2D eigenvalue weighted by atomic mass is 35.5. The molecule has 0 saturated carbocycles. The van der Waals surface area contributed by atoms with Crippen molar-refractivity contribution in [3.8, 4) is 11.1 Å². The zero-order valence-corrected chi connectivity index (χ0v) is 12.3. The zero-order valence-electron chi connectivity index (χ0n) is 11.5. The van der Waals surface area contributed by atoms with Crippen LogP contribution in [0.4, 0.5) is 26.3 Å². The van der Waals surface area contributed by atoms with Crippen LogP contribution < -0.4 is 5.73 Å². The second-order valence-electron chi connectivity index (χ2n) is 4.70. The maximum atomic E-state index is 12.8. The number of rotatable bonds is 2. The minimum absolute atomic E-state index is 0. The summed E-state index contributed by atoms with van der Waals surface area (Å²) in [7, 11) is 0. The highest BCUT2D eigenvalue weighted by Crippen LogP contribution is 2.38. The Balaban J connectivity index is 0.00000264. The van der Waals surface area contributed by atoms with Gasteiger partial charge < -0.3 is 5.73 Å². The van der Waals surface area contributed by atoms with Crippen molar-refractivity contribution in [1.29, 1.82) is 0 Å². The lowest BCUT2D eigenvalue weighted by atomic mass is 9.98. The molecule has 8 heteroatoms. The predicted octanol–water partition coefficient (Wildman–Crippen LogP) is 5.27. The van der Waals surface area contributed by atoms with Gasteiger partial charge in [-0.15, -0.1) is 12.4 Å². The van der Waals surface area contributed by atoms with Crippen molar-refractivity contribution in [2.24, 2.45) is 5.73 Å². The van der Waals surface area contributed by atoms with Crippen molar-refractivity contribution < 1.29 is 26.3 Å². The Kier molecular flexibility index (Phi) is 5.71. The fourth-order valence-electron chi connectivity index (χ4n) is 1.95. The maximum absolute atomic E-state index is 12.8. The van der Waals surface area contributed by atoms with Crippen LogP contribution in [0.5, 0.6) is 0 Å². The smallest absolute Gasteiger partial charge is 0.326 e. The Bertz CT molecular complexity index is 629. The Hall–Kier alpha value is -1.73. The Morgan fingerprint density at radius 1 is 0.696 bits per heavy atom. The van der Waals surface area contributed by atoms with E-state index >= 15 is 0 Å². The van der Waals surface area contributed by atoms with Gasteiger partial charge in [0.15, 0.2) is 0 Å². The average molecular weight is 356 g/mol. The molecule has 0 amide bonds. The van der Waals surface area contributed by atoms with Gasteiger partial charge in [-0.05, 0) is 34.9 Å². The first-order valence-electron chi connectivity index (χ1n) is 6.20. The number of hydrogen-bond acceptors (Lipinski definition) is 1. The van der Waals surface area contributed by atoms with Crippen LogP contribution in [0.25, 0.3) is 11.1 Å². The van der Waals surface area contributed by atoms with Crippen LogP contribution in [-0.4, -0.2) is 0 Å². The summed E-state index contributed by atoms with van der Waals surface area (Å²) in [5.41, 5.74) is 3.58. The van der Waals surface area contributed by atoms with Gasteiger partial charge in [0, 0.05) is 6.54 Å². The lowest BCUT2D eigenvalue weighted by molar-refractivity contribution is -0.143. The molecule has 0 heterocycles. The van der Waals surface area contributed by atoms with Crippen LogP contribution in [0, 0.1) is 0 Å². The summed E-state index contributed by atoms with van der Waals surface area (Å²) in [6, 6.07) is 7.51. The van der Waals surface area contributed by atoms with Crippen molar-refractivity contribution in [2.75, 3.05) is 0 Å². The van der Waals surface area contributed by atoms with Crippen LogP contribution in [0.15, 0.2) is 42.5 Å². The quantitative estimate of drug-likeness (QED) is 0.729. The first-order chi connectivity index (χ1) is 10.1. The van der Waals surface area contributed by atoms with E-state index in [1.165, 1.54) is 12.1 Å². The molecule has 2 rings (SSSR count). The van der Waals surface area contributed by atoms with E-state index in [-0.39, 0.29) is 36.1 Å². The molecule has 0 aromatic heterocycles. The molecule has 1 nitrogen and oxygen atoms in total. The third-order valence-electron chi connectivity index (χ3n) is 3.11.